The molecule has 2 N–H and O–H groups in total. The lowest BCUT2D eigenvalue weighted by molar-refractivity contribution is -0.0178. The van der Waals surface area contributed by atoms with Crippen LogP contribution in [0, 0.1) is 17.3 Å². The van der Waals surface area contributed by atoms with E-state index in [1.165, 1.54) is 23.7 Å². The molecule has 0 unspecified atom stereocenters. The Kier molecular flexibility index (Phi) is 4.21. The van der Waals surface area contributed by atoms with Crippen molar-refractivity contribution in [1.82, 2.24) is 4.72 Å². The van der Waals surface area contributed by atoms with Gasteiger partial charge in [-0.25, -0.2) is 0 Å². The maximum Gasteiger partial charge on any atom is 0.382 e. The lowest BCUT2D eigenvalue weighted by atomic mass is 9.55. The highest BCUT2D eigenvalue weighted by molar-refractivity contribution is 7.85. The van der Waals surface area contributed by atoms with Gasteiger partial charge in [0.1, 0.15) is 5.75 Å². The Bertz CT molecular complexity index is 849. The molecule has 0 aromatic heterocycles. The average molecular weight is 378 g/mol. The molecule has 0 heterocycles. The quantitative estimate of drug-likeness (QED) is 0.794. The van der Waals surface area contributed by atoms with Gasteiger partial charge in [0.05, 0.1) is 6.10 Å². The number of hydrogen-bond acceptors (Lipinski definition) is 4. The maximum absolute atomic E-state index is 11.6. The first kappa shape index (κ1) is 18.0. The molecule has 1 aromatic carbocycles. The van der Waals surface area contributed by atoms with Gasteiger partial charge < -0.3 is 9.29 Å². The largest absolute Gasteiger partial charge is 0.392 e. The number of aliphatic hydroxyl groups excluding tert-OH is 1. The standard InChI is InChI=1S/C20H27NO4S/c1-12-10-18(22)20(2)9-8-16-15-7-5-14(25-26(23,24)21-3)11-13(15)4-6-17(16)19(12)20/h5,7,11,16-19,21-22H,1,4,6,8-10H2,2-3H3/t16-,17-,18+,19+,20-/m1/s1. The van der Waals surface area contributed by atoms with Crippen molar-refractivity contribution in [2.75, 3.05) is 7.05 Å². The van der Waals surface area contributed by atoms with Gasteiger partial charge >= 0.3 is 10.3 Å². The van der Waals surface area contributed by atoms with Crippen LogP contribution in [0.4, 0.5) is 0 Å². The zero-order valence-electron chi connectivity index (χ0n) is 15.4. The lowest BCUT2D eigenvalue weighted by Gasteiger charge is -2.50. The normalized spacial score (nSPS) is 36.2. The molecule has 4 rings (SSSR count). The molecule has 2 saturated carbocycles. The van der Waals surface area contributed by atoms with Gasteiger partial charge in [-0.1, -0.05) is 25.1 Å². The molecule has 142 valence electrons. The van der Waals surface area contributed by atoms with Gasteiger partial charge in [-0.05, 0) is 73.1 Å². The van der Waals surface area contributed by atoms with Crippen molar-refractivity contribution in [3.8, 4) is 5.75 Å². The molecular weight excluding hydrogens is 350 g/mol. The van der Waals surface area contributed by atoms with Crippen LogP contribution in [0.25, 0.3) is 0 Å². The van der Waals surface area contributed by atoms with E-state index in [1.807, 2.05) is 12.1 Å². The van der Waals surface area contributed by atoms with E-state index in [1.54, 1.807) is 6.07 Å². The molecule has 0 saturated heterocycles. The summed E-state index contributed by atoms with van der Waals surface area (Å²) in [7, 11) is -2.41. The molecule has 1 aromatic rings. The second kappa shape index (κ2) is 6.08. The molecule has 0 aliphatic heterocycles. The molecule has 0 bridgehead atoms. The van der Waals surface area contributed by atoms with Crippen molar-refractivity contribution in [2.45, 2.75) is 51.0 Å². The van der Waals surface area contributed by atoms with Crippen molar-refractivity contribution in [2.24, 2.45) is 17.3 Å². The van der Waals surface area contributed by atoms with E-state index in [0.29, 0.717) is 23.5 Å². The molecule has 5 nitrogen and oxygen atoms in total. The Balaban J connectivity index is 1.64. The summed E-state index contributed by atoms with van der Waals surface area (Å²) in [6, 6.07) is 5.65. The minimum Gasteiger partial charge on any atom is -0.392 e. The highest BCUT2D eigenvalue weighted by atomic mass is 32.2. The van der Waals surface area contributed by atoms with Crippen LogP contribution < -0.4 is 8.91 Å². The number of rotatable bonds is 3. The van der Waals surface area contributed by atoms with Crippen molar-refractivity contribution < 1.29 is 17.7 Å². The fourth-order valence-corrected chi connectivity index (χ4v) is 6.21. The maximum atomic E-state index is 11.6. The highest BCUT2D eigenvalue weighted by Gasteiger charge is 2.56. The molecule has 2 fully saturated rings. The summed E-state index contributed by atoms with van der Waals surface area (Å²) in [6.07, 6.45) is 4.47. The summed E-state index contributed by atoms with van der Waals surface area (Å²) >= 11 is 0. The summed E-state index contributed by atoms with van der Waals surface area (Å²) < 4.78 is 30.5. The first-order chi connectivity index (χ1) is 12.2. The van der Waals surface area contributed by atoms with Gasteiger partial charge in [0.2, 0.25) is 0 Å². The fraction of sp³-hybridized carbons (Fsp3) is 0.600. The first-order valence-electron chi connectivity index (χ1n) is 9.36. The number of aryl methyl sites for hydroxylation is 1. The van der Waals surface area contributed by atoms with E-state index in [-0.39, 0.29) is 11.5 Å². The van der Waals surface area contributed by atoms with Gasteiger partial charge in [-0.2, -0.15) is 13.1 Å². The van der Waals surface area contributed by atoms with E-state index in [9.17, 15) is 13.5 Å². The Morgan fingerprint density at radius 3 is 2.85 bits per heavy atom. The first-order valence-corrected chi connectivity index (χ1v) is 10.8. The molecule has 5 atom stereocenters. The predicted molar refractivity (Wildman–Crippen MR) is 100 cm³/mol. The van der Waals surface area contributed by atoms with Gasteiger partial charge in [-0.15, -0.1) is 0 Å². The summed E-state index contributed by atoms with van der Waals surface area (Å²) in [5.74, 6) is 1.70. The molecule has 6 heteroatoms. The van der Waals surface area contributed by atoms with Crippen LogP contribution in [0.2, 0.25) is 0 Å². The Hall–Kier alpha value is -1.37. The topological polar surface area (TPSA) is 75.6 Å². The van der Waals surface area contributed by atoms with Crippen molar-refractivity contribution in [3.63, 3.8) is 0 Å². The van der Waals surface area contributed by atoms with Crippen LogP contribution in [-0.2, 0) is 16.7 Å². The van der Waals surface area contributed by atoms with E-state index < -0.39 is 10.3 Å². The average Bonchev–Trinajstić information content (AvgIpc) is 2.83. The van der Waals surface area contributed by atoms with E-state index in [4.69, 9.17) is 4.18 Å². The number of benzene rings is 1. The third-order valence-corrected chi connectivity index (χ3v) is 7.93. The number of hydrogen-bond donors (Lipinski definition) is 2. The molecule has 0 amide bonds. The molecule has 0 spiro atoms. The van der Waals surface area contributed by atoms with Crippen molar-refractivity contribution >= 4 is 10.3 Å². The summed E-state index contributed by atoms with van der Waals surface area (Å²) in [6.45, 7) is 6.52. The number of aliphatic hydroxyl groups is 1. The highest BCUT2D eigenvalue weighted by Crippen LogP contribution is 2.62. The number of nitrogens with one attached hydrogen (secondary N) is 1. The van der Waals surface area contributed by atoms with Gasteiger partial charge in [0, 0.05) is 12.5 Å². The zero-order valence-corrected chi connectivity index (χ0v) is 16.2. The van der Waals surface area contributed by atoms with Crippen LogP contribution in [0.3, 0.4) is 0 Å². The van der Waals surface area contributed by atoms with Gasteiger partial charge in [-0.3, -0.25) is 0 Å². The summed E-state index contributed by atoms with van der Waals surface area (Å²) in [5, 5.41) is 10.6. The third kappa shape index (κ3) is 2.70. The van der Waals surface area contributed by atoms with Crippen molar-refractivity contribution in [1.29, 1.82) is 0 Å². The monoisotopic (exact) mass is 377 g/mol. The second-order valence-corrected chi connectivity index (χ2v) is 9.79. The van der Waals surface area contributed by atoms with Crippen LogP contribution in [0.1, 0.15) is 49.7 Å². The molecule has 26 heavy (non-hydrogen) atoms. The minimum absolute atomic E-state index is 0.0420. The number of fused-ring (bicyclic) bond motifs is 5. The van der Waals surface area contributed by atoms with Crippen LogP contribution >= 0.6 is 0 Å². The van der Waals surface area contributed by atoms with Crippen molar-refractivity contribution in [3.05, 3.63) is 41.5 Å². The molecule has 3 aliphatic carbocycles. The Morgan fingerprint density at radius 1 is 1.35 bits per heavy atom. The van der Waals surface area contributed by atoms with E-state index in [0.717, 1.165) is 32.1 Å². The second-order valence-electron chi connectivity index (χ2n) is 8.31. The SMILES string of the molecule is C=C1C[C@H](O)[C@@]2(C)CC[C@@H]3c4ccc(OS(=O)(=O)NC)cc4CC[C@H]3[C@H]12. The Labute approximate surface area is 155 Å². The van der Waals surface area contributed by atoms with Crippen LogP contribution in [-0.4, -0.2) is 26.7 Å². The summed E-state index contributed by atoms with van der Waals surface area (Å²) in [5.41, 5.74) is 3.66. The van der Waals surface area contributed by atoms with Gasteiger partial charge in [0.15, 0.2) is 0 Å². The summed E-state index contributed by atoms with van der Waals surface area (Å²) in [4.78, 5) is 0. The van der Waals surface area contributed by atoms with E-state index in [2.05, 4.69) is 18.2 Å². The predicted octanol–water partition coefficient (Wildman–Crippen LogP) is 2.91. The fourth-order valence-electron chi connectivity index (χ4n) is 5.77. The lowest BCUT2D eigenvalue weighted by Crippen LogP contribution is -2.44. The van der Waals surface area contributed by atoms with Crippen LogP contribution in [0.15, 0.2) is 30.4 Å². The van der Waals surface area contributed by atoms with E-state index >= 15 is 0 Å². The molecule has 3 aliphatic rings. The zero-order chi connectivity index (χ0) is 18.7. The minimum atomic E-state index is -3.75. The molecular formula is C20H27NO4S. The van der Waals surface area contributed by atoms with Gasteiger partial charge in [0.25, 0.3) is 0 Å². The molecule has 0 radical (unpaired) electrons. The Morgan fingerprint density at radius 2 is 2.12 bits per heavy atom. The smallest absolute Gasteiger partial charge is 0.382 e. The third-order valence-electron chi connectivity index (χ3n) is 7.02. The van der Waals surface area contributed by atoms with Crippen LogP contribution in [0.5, 0.6) is 5.75 Å².